The van der Waals surface area contributed by atoms with Crippen molar-refractivity contribution >= 4 is 32.7 Å². The third kappa shape index (κ3) is 5.46. The first-order valence-electron chi connectivity index (χ1n) is 15.3. The Labute approximate surface area is 262 Å². The normalized spacial score (nSPS) is 19.6. The quantitative estimate of drug-likeness (QED) is 0.261. The lowest BCUT2D eigenvalue weighted by atomic mass is 9.79. The first kappa shape index (κ1) is 29.4. The number of nitrogens with zero attached hydrogens (tertiary/aromatic N) is 7. The highest BCUT2D eigenvalue weighted by molar-refractivity contribution is 7.90. The van der Waals surface area contributed by atoms with Gasteiger partial charge in [0.05, 0.1) is 22.3 Å². The van der Waals surface area contributed by atoms with Crippen molar-refractivity contribution in [2.24, 2.45) is 5.41 Å². The lowest BCUT2D eigenvalue weighted by Crippen LogP contribution is -2.45. The number of fused-ring (bicyclic) bond motifs is 2. The molecule has 2 saturated heterocycles. The van der Waals surface area contributed by atoms with Crippen molar-refractivity contribution in [1.29, 1.82) is 0 Å². The van der Waals surface area contributed by atoms with Crippen LogP contribution in [0, 0.1) is 5.41 Å². The Morgan fingerprint density at radius 1 is 0.956 bits per heavy atom. The summed E-state index contributed by atoms with van der Waals surface area (Å²) in [5, 5.41) is 9.45. The van der Waals surface area contributed by atoms with Crippen LogP contribution in [0.2, 0.25) is 0 Å². The molecule has 2 aliphatic heterocycles. The van der Waals surface area contributed by atoms with Crippen molar-refractivity contribution in [3.8, 4) is 11.1 Å². The summed E-state index contributed by atoms with van der Waals surface area (Å²) >= 11 is 0. The van der Waals surface area contributed by atoms with Gasteiger partial charge in [-0.1, -0.05) is 18.2 Å². The van der Waals surface area contributed by atoms with Crippen molar-refractivity contribution < 1.29 is 17.9 Å². The van der Waals surface area contributed by atoms with Crippen LogP contribution in [0.5, 0.6) is 0 Å². The molecule has 1 amide bonds. The van der Waals surface area contributed by atoms with Gasteiger partial charge in [0.25, 0.3) is 10.0 Å². The molecule has 1 spiro atoms. The van der Waals surface area contributed by atoms with Gasteiger partial charge >= 0.3 is 6.09 Å². The third-order valence-electron chi connectivity index (χ3n) is 8.82. The molecule has 12 heteroatoms. The maximum Gasteiger partial charge on any atom is 0.410 e. The molecular weight excluding hydrogens is 590 g/mol. The Morgan fingerprint density at radius 3 is 2.58 bits per heavy atom. The summed E-state index contributed by atoms with van der Waals surface area (Å²) < 4.78 is 37.2. The topological polar surface area (TPSA) is 115 Å². The van der Waals surface area contributed by atoms with Crippen LogP contribution in [0.15, 0.2) is 78.1 Å². The van der Waals surface area contributed by atoms with E-state index in [-0.39, 0.29) is 16.4 Å². The van der Waals surface area contributed by atoms with Crippen LogP contribution in [-0.4, -0.2) is 79.9 Å². The number of hydrogen-bond acceptors (Lipinski definition) is 8. The standard InChI is InChI=1S/C33H37N7O4S/c1-32(2,3)44-31(41)38-18-14-33(23-38)13-8-17-37(22-33)21-24-19-27-26(28-20-36-40-29(28)11-7-15-35-40)12-16-34-30(27)39(24)45(42,43)25-9-5-4-6-10-25/h4-7,9-12,15-16,19-20H,8,13-14,17-18,21-23H2,1-3H3. The fourth-order valence-corrected chi connectivity index (χ4v) is 8.41. The predicted octanol–water partition coefficient (Wildman–Crippen LogP) is 5.21. The van der Waals surface area contributed by atoms with Gasteiger partial charge in [-0.25, -0.2) is 22.2 Å². The zero-order valence-electron chi connectivity index (χ0n) is 25.8. The minimum atomic E-state index is -3.97. The Morgan fingerprint density at radius 2 is 1.78 bits per heavy atom. The fraction of sp³-hybridized carbons (Fsp3) is 0.394. The number of benzene rings is 1. The van der Waals surface area contributed by atoms with Crippen LogP contribution >= 0.6 is 0 Å². The average molecular weight is 628 g/mol. The van der Waals surface area contributed by atoms with Gasteiger partial charge < -0.3 is 9.64 Å². The molecule has 0 radical (unpaired) electrons. The molecule has 1 atom stereocenters. The number of rotatable bonds is 5. The second-order valence-corrected chi connectivity index (χ2v) is 15.0. The Kier molecular flexibility index (Phi) is 7.16. The van der Waals surface area contributed by atoms with Gasteiger partial charge in [0.15, 0.2) is 5.65 Å². The van der Waals surface area contributed by atoms with E-state index in [1.165, 1.54) is 3.97 Å². The Balaban J connectivity index is 1.27. The monoisotopic (exact) mass is 627 g/mol. The van der Waals surface area contributed by atoms with Gasteiger partial charge in [-0.2, -0.15) is 14.8 Å². The molecular formula is C33H37N7O4S. The summed E-state index contributed by atoms with van der Waals surface area (Å²) in [6, 6.07) is 16.2. The van der Waals surface area contributed by atoms with E-state index >= 15 is 0 Å². The number of hydrogen-bond donors (Lipinski definition) is 0. The summed E-state index contributed by atoms with van der Waals surface area (Å²) in [5.41, 5.74) is 2.92. The summed E-state index contributed by atoms with van der Waals surface area (Å²) in [5.74, 6) is 0. The van der Waals surface area contributed by atoms with Crippen molar-refractivity contribution in [3.05, 3.63) is 78.9 Å². The number of amides is 1. The number of aromatic nitrogens is 5. The summed E-state index contributed by atoms with van der Waals surface area (Å²) in [7, 11) is -3.97. The van der Waals surface area contributed by atoms with Crippen LogP contribution in [0.4, 0.5) is 4.79 Å². The molecule has 45 heavy (non-hydrogen) atoms. The van der Waals surface area contributed by atoms with Gasteiger partial charge in [0.2, 0.25) is 0 Å². The largest absolute Gasteiger partial charge is 0.444 e. The molecule has 5 aromatic rings. The van der Waals surface area contributed by atoms with E-state index in [2.05, 4.69) is 20.1 Å². The van der Waals surface area contributed by atoms with Gasteiger partial charge in [-0.3, -0.25) is 4.90 Å². The number of likely N-dealkylation sites (tertiary alicyclic amines) is 2. The molecule has 1 aromatic carbocycles. The van der Waals surface area contributed by atoms with E-state index in [1.807, 2.05) is 49.9 Å². The molecule has 2 aliphatic rings. The van der Waals surface area contributed by atoms with Gasteiger partial charge in [0, 0.05) is 54.9 Å². The van der Waals surface area contributed by atoms with E-state index in [0.717, 1.165) is 54.4 Å². The molecule has 0 aliphatic carbocycles. The first-order chi connectivity index (χ1) is 21.5. The van der Waals surface area contributed by atoms with Crippen LogP contribution < -0.4 is 0 Å². The minimum absolute atomic E-state index is 0.0577. The predicted molar refractivity (Wildman–Crippen MR) is 170 cm³/mol. The molecule has 7 rings (SSSR count). The molecule has 234 valence electrons. The summed E-state index contributed by atoms with van der Waals surface area (Å²) in [6.45, 7) is 8.97. The number of piperidine rings is 1. The van der Waals surface area contributed by atoms with Crippen LogP contribution in [0.25, 0.3) is 27.7 Å². The zero-order chi connectivity index (χ0) is 31.4. The molecule has 0 saturated carbocycles. The second-order valence-electron chi connectivity index (χ2n) is 13.2. The highest BCUT2D eigenvalue weighted by Gasteiger charge is 2.44. The second kappa shape index (κ2) is 11.0. The molecule has 1 unspecified atom stereocenters. The van der Waals surface area contributed by atoms with Crippen LogP contribution in [0.3, 0.4) is 0 Å². The fourth-order valence-electron chi connectivity index (χ4n) is 6.90. The van der Waals surface area contributed by atoms with Crippen molar-refractivity contribution in [3.63, 3.8) is 0 Å². The van der Waals surface area contributed by atoms with E-state index in [0.29, 0.717) is 31.0 Å². The van der Waals surface area contributed by atoms with Crippen molar-refractivity contribution in [2.45, 2.75) is 57.1 Å². The molecule has 0 bridgehead atoms. The average Bonchev–Trinajstić information content (AvgIpc) is 3.72. The van der Waals surface area contributed by atoms with E-state index in [9.17, 15) is 13.2 Å². The Bertz CT molecular complexity index is 2000. The third-order valence-corrected chi connectivity index (χ3v) is 10.6. The highest BCUT2D eigenvalue weighted by Crippen LogP contribution is 2.41. The lowest BCUT2D eigenvalue weighted by Gasteiger charge is -2.40. The molecule has 0 N–H and O–H groups in total. The van der Waals surface area contributed by atoms with Crippen LogP contribution in [-0.2, 0) is 21.3 Å². The van der Waals surface area contributed by atoms with Gasteiger partial charge in [-0.15, -0.1) is 0 Å². The molecule has 6 heterocycles. The summed E-state index contributed by atoms with van der Waals surface area (Å²) in [4.78, 5) is 21.8. The van der Waals surface area contributed by atoms with Gasteiger partial charge in [0.1, 0.15) is 5.60 Å². The molecule has 11 nitrogen and oxygen atoms in total. The molecule has 2 fully saturated rings. The maximum absolute atomic E-state index is 14.3. The SMILES string of the molecule is CC(C)(C)OC(=O)N1CCC2(CCCN(Cc3cc4c(-c5cnn6ncccc56)ccnc4n3S(=O)(=O)c3ccccc3)C2)C1. The van der Waals surface area contributed by atoms with Crippen molar-refractivity contribution in [1.82, 2.24) is 33.6 Å². The van der Waals surface area contributed by atoms with E-state index in [1.54, 1.807) is 53.6 Å². The summed E-state index contributed by atoms with van der Waals surface area (Å²) in [6.07, 6.45) is 7.68. The van der Waals surface area contributed by atoms with Gasteiger partial charge in [-0.05, 0) is 88.5 Å². The number of ether oxygens (including phenoxy) is 1. The van der Waals surface area contributed by atoms with Crippen molar-refractivity contribution in [2.75, 3.05) is 26.2 Å². The number of carbonyl (C=O) groups excluding carboxylic acids is 1. The number of pyridine rings is 1. The van der Waals surface area contributed by atoms with E-state index in [4.69, 9.17) is 4.74 Å². The lowest BCUT2D eigenvalue weighted by molar-refractivity contribution is 0.0234. The Hall–Kier alpha value is -4.29. The van der Waals surface area contributed by atoms with Crippen LogP contribution in [0.1, 0.15) is 45.7 Å². The van der Waals surface area contributed by atoms with E-state index < -0.39 is 15.6 Å². The molecule has 4 aromatic heterocycles. The zero-order valence-corrected chi connectivity index (χ0v) is 26.6. The minimum Gasteiger partial charge on any atom is -0.444 e. The highest BCUT2D eigenvalue weighted by atomic mass is 32.2. The maximum atomic E-state index is 14.3. The smallest absolute Gasteiger partial charge is 0.410 e. The first-order valence-corrected chi connectivity index (χ1v) is 16.8. The number of carbonyl (C=O) groups is 1.